The van der Waals surface area contributed by atoms with Crippen LogP contribution < -0.4 is 10.6 Å². The first kappa shape index (κ1) is 28.4. The van der Waals surface area contributed by atoms with Crippen LogP contribution >= 0.6 is 0 Å². The van der Waals surface area contributed by atoms with Crippen LogP contribution in [0.15, 0.2) is 48.6 Å². The summed E-state index contributed by atoms with van der Waals surface area (Å²) in [6.45, 7) is 5.68. The van der Waals surface area contributed by atoms with Crippen LogP contribution in [0.5, 0.6) is 0 Å². The van der Waals surface area contributed by atoms with Gasteiger partial charge < -0.3 is 25.5 Å². The molecule has 1 saturated heterocycles. The lowest BCUT2D eigenvalue weighted by atomic mass is 9.76. The number of amides is 4. The molecule has 3 atom stereocenters. The SMILES string of the molecule is CCC1(C(=O)N[C@H](C(=O)NCCN(O)C(=O)N2CCN(C)CC2)[C@@H](C)O)C=CC(c2ccccc2)=CC1. The molecule has 0 spiro atoms. The highest BCUT2D eigenvalue weighted by Crippen LogP contribution is 2.36. The van der Waals surface area contributed by atoms with Crippen molar-refractivity contribution in [1.82, 2.24) is 25.5 Å². The third kappa shape index (κ3) is 7.18. The minimum Gasteiger partial charge on any atom is -0.391 e. The fraction of sp³-hybridized carbons (Fsp3) is 0.519. The highest BCUT2D eigenvalue weighted by molar-refractivity contribution is 5.93. The predicted octanol–water partition coefficient (Wildman–Crippen LogP) is 1.47. The Hall–Kier alpha value is -3.21. The first-order valence-corrected chi connectivity index (χ1v) is 12.8. The van der Waals surface area contributed by atoms with Crippen LogP contribution in [-0.2, 0) is 9.59 Å². The number of benzene rings is 1. The van der Waals surface area contributed by atoms with Gasteiger partial charge in [0.2, 0.25) is 11.8 Å². The molecule has 1 unspecified atom stereocenters. The fourth-order valence-corrected chi connectivity index (χ4v) is 4.46. The van der Waals surface area contributed by atoms with E-state index in [4.69, 9.17) is 0 Å². The third-order valence-corrected chi connectivity index (χ3v) is 7.13. The molecule has 2 aliphatic rings. The quantitative estimate of drug-likeness (QED) is 0.293. The summed E-state index contributed by atoms with van der Waals surface area (Å²) in [4.78, 5) is 42.1. The van der Waals surface area contributed by atoms with Gasteiger partial charge in [-0.15, -0.1) is 0 Å². The number of nitrogens with one attached hydrogen (secondary N) is 2. The summed E-state index contributed by atoms with van der Waals surface area (Å²) in [6.07, 6.45) is 5.66. The van der Waals surface area contributed by atoms with Gasteiger partial charge in [-0.3, -0.25) is 14.8 Å². The van der Waals surface area contributed by atoms with E-state index >= 15 is 0 Å². The Kier molecular flexibility index (Phi) is 9.85. The number of carbonyl (C=O) groups is 3. The molecule has 1 aliphatic carbocycles. The number of hydroxylamine groups is 2. The van der Waals surface area contributed by atoms with Gasteiger partial charge >= 0.3 is 6.03 Å². The Balaban J connectivity index is 1.53. The number of likely N-dealkylation sites (N-methyl/N-ethyl adjacent to an activating group) is 1. The highest BCUT2D eigenvalue weighted by Gasteiger charge is 2.38. The van der Waals surface area contributed by atoms with E-state index in [2.05, 4.69) is 15.5 Å². The molecule has 1 aromatic carbocycles. The lowest BCUT2D eigenvalue weighted by molar-refractivity contribution is -0.136. The molecule has 0 aromatic heterocycles. The van der Waals surface area contributed by atoms with Crippen molar-refractivity contribution in [3.05, 3.63) is 54.1 Å². The predicted molar refractivity (Wildman–Crippen MR) is 140 cm³/mol. The van der Waals surface area contributed by atoms with Gasteiger partial charge in [-0.25, -0.2) is 9.86 Å². The Morgan fingerprint density at radius 2 is 1.81 bits per heavy atom. The van der Waals surface area contributed by atoms with Crippen molar-refractivity contribution >= 4 is 23.4 Å². The Morgan fingerprint density at radius 1 is 1.14 bits per heavy atom. The number of urea groups is 1. The Morgan fingerprint density at radius 3 is 2.38 bits per heavy atom. The summed E-state index contributed by atoms with van der Waals surface area (Å²) >= 11 is 0. The van der Waals surface area contributed by atoms with Crippen molar-refractivity contribution in [1.29, 1.82) is 0 Å². The first-order valence-electron chi connectivity index (χ1n) is 12.8. The van der Waals surface area contributed by atoms with Crippen molar-refractivity contribution in [3.63, 3.8) is 0 Å². The molecule has 0 bridgehead atoms. The lowest BCUT2D eigenvalue weighted by Crippen LogP contribution is -2.56. The number of allylic oxidation sites excluding steroid dienone is 3. The van der Waals surface area contributed by atoms with Gasteiger partial charge in [0, 0.05) is 32.7 Å². The van der Waals surface area contributed by atoms with Crippen LogP contribution in [0.1, 0.15) is 32.3 Å². The van der Waals surface area contributed by atoms with Gasteiger partial charge in [-0.05, 0) is 37.9 Å². The smallest absolute Gasteiger partial charge is 0.343 e. The van der Waals surface area contributed by atoms with Gasteiger partial charge in [-0.2, -0.15) is 0 Å². The normalized spacial score (nSPS) is 21.5. The maximum atomic E-state index is 13.3. The van der Waals surface area contributed by atoms with Crippen LogP contribution in [0.2, 0.25) is 0 Å². The summed E-state index contributed by atoms with van der Waals surface area (Å²) < 4.78 is 0. The van der Waals surface area contributed by atoms with E-state index < -0.39 is 29.5 Å². The summed E-state index contributed by atoms with van der Waals surface area (Å²) in [5.74, 6) is -0.931. The molecule has 202 valence electrons. The average molecular weight is 514 g/mol. The number of piperazine rings is 1. The number of hydrogen-bond acceptors (Lipinski definition) is 6. The average Bonchev–Trinajstić information content (AvgIpc) is 2.91. The van der Waals surface area contributed by atoms with E-state index in [1.807, 2.05) is 62.5 Å². The number of nitrogens with zero attached hydrogens (tertiary/aromatic N) is 3. The standard InChI is InChI=1S/C27H39N5O5/c1-4-27(12-10-22(11-13-27)21-8-6-5-7-9-21)25(35)29-23(20(2)33)24(34)28-14-15-32(37)26(36)31-18-16-30(3)17-19-31/h5-12,20,23,33,37H,4,13-19H2,1-3H3,(H,28,34)(H,29,35)/t20-,23+,27?/m1/s1. The lowest BCUT2D eigenvalue weighted by Gasteiger charge is -2.34. The highest BCUT2D eigenvalue weighted by atomic mass is 16.5. The molecule has 0 radical (unpaired) electrons. The number of aliphatic hydroxyl groups is 1. The number of hydrogen-bond donors (Lipinski definition) is 4. The minimum absolute atomic E-state index is 0.0318. The molecule has 3 rings (SSSR count). The first-order chi connectivity index (χ1) is 17.7. The molecule has 1 aromatic rings. The summed E-state index contributed by atoms with van der Waals surface area (Å²) in [5.41, 5.74) is 1.26. The number of rotatable bonds is 9. The molecule has 10 nitrogen and oxygen atoms in total. The second-order valence-corrected chi connectivity index (χ2v) is 9.75. The molecular formula is C27H39N5O5. The molecule has 37 heavy (non-hydrogen) atoms. The summed E-state index contributed by atoms with van der Waals surface area (Å²) in [5, 5.41) is 26.3. The molecule has 0 saturated carbocycles. The van der Waals surface area contributed by atoms with Crippen LogP contribution in [0.25, 0.3) is 5.57 Å². The zero-order valence-electron chi connectivity index (χ0n) is 21.9. The topological polar surface area (TPSA) is 125 Å². The molecule has 4 N–H and O–H groups in total. The maximum absolute atomic E-state index is 13.3. The fourth-order valence-electron chi connectivity index (χ4n) is 4.46. The van der Waals surface area contributed by atoms with E-state index in [9.17, 15) is 24.7 Å². The van der Waals surface area contributed by atoms with Crippen molar-refractivity contribution in [2.75, 3.05) is 46.3 Å². The van der Waals surface area contributed by atoms with Crippen LogP contribution in [0.4, 0.5) is 4.79 Å². The Labute approximate surface area is 218 Å². The zero-order valence-corrected chi connectivity index (χ0v) is 21.9. The van der Waals surface area contributed by atoms with E-state index in [-0.39, 0.29) is 19.0 Å². The summed E-state index contributed by atoms with van der Waals surface area (Å²) in [7, 11) is 1.97. The molecule has 1 heterocycles. The van der Waals surface area contributed by atoms with E-state index in [1.54, 1.807) is 4.90 Å². The molecule has 1 aliphatic heterocycles. The van der Waals surface area contributed by atoms with Gasteiger partial charge in [-0.1, -0.05) is 55.5 Å². The Bertz CT molecular complexity index is 1000. The van der Waals surface area contributed by atoms with E-state index in [0.717, 1.165) is 24.2 Å². The minimum atomic E-state index is -1.18. The van der Waals surface area contributed by atoms with E-state index in [1.165, 1.54) is 6.92 Å². The van der Waals surface area contributed by atoms with Crippen molar-refractivity contribution in [3.8, 4) is 0 Å². The van der Waals surface area contributed by atoms with Crippen LogP contribution in [0, 0.1) is 5.41 Å². The molecule has 4 amide bonds. The number of aliphatic hydroxyl groups excluding tert-OH is 1. The molecule has 1 fully saturated rings. The third-order valence-electron chi connectivity index (χ3n) is 7.13. The van der Waals surface area contributed by atoms with Gasteiger partial charge in [0.15, 0.2) is 0 Å². The largest absolute Gasteiger partial charge is 0.391 e. The van der Waals surface area contributed by atoms with Crippen molar-refractivity contribution < 1.29 is 24.7 Å². The second kappa shape index (κ2) is 12.8. The second-order valence-electron chi connectivity index (χ2n) is 9.75. The maximum Gasteiger partial charge on any atom is 0.343 e. The van der Waals surface area contributed by atoms with Crippen molar-refractivity contribution in [2.45, 2.75) is 38.8 Å². The monoisotopic (exact) mass is 513 g/mol. The zero-order chi connectivity index (χ0) is 27.0. The summed E-state index contributed by atoms with van der Waals surface area (Å²) in [6, 6.07) is 8.20. The van der Waals surface area contributed by atoms with Gasteiger partial charge in [0.1, 0.15) is 6.04 Å². The van der Waals surface area contributed by atoms with Gasteiger partial charge in [0.25, 0.3) is 0 Å². The van der Waals surface area contributed by atoms with E-state index in [0.29, 0.717) is 31.0 Å². The van der Waals surface area contributed by atoms with Gasteiger partial charge in [0.05, 0.1) is 18.1 Å². The molecule has 10 heteroatoms. The number of carbonyl (C=O) groups excluding carboxylic acids is 3. The molecular weight excluding hydrogens is 474 g/mol. The van der Waals surface area contributed by atoms with Crippen LogP contribution in [-0.4, -0.2) is 101 Å². The van der Waals surface area contributed by atoms with Crippen molar-refractivity contribution in [2.24, 2.45) is 5.41 Å². The van der Waals surface area contributed by atoms with Crippen LogP contribution in [0.3, 0.4) is 0 Å².